The lowest BCUT2D eigenvalue weighted by molar-refractivity contribution is -0.120. The Bertz CT molecular complexity index is 580. The Kier molecular flexibility index (Phi) is 4.34. The van der Waals surface area contributed by atoms with Crippen LogP contribution in [0.3, 0.4) is 0 Å². The van der Waals surface area contributed by atoms with E-state index in [1.54, 1.807) is 24.5 Å². The minimum absolute atomic E-state index is 0.149. The lowest BCUT2D eigenvalue weighted by Crippen LogP contribution is -2.20. The van der Waals surface area contributed by atoms with Crippen molar-refractivity contribution < 1.29 is 9.21 Å². The summed E-state index contributed by atoms with van der Waals surface area (Å²) in [5.74, 6) is 0.589. The van der Waals surface area contributed by atoms with Gasteiger partial charge in [0.05, 0.1) is 12.7 Å². The summed E-state index contributed by atoms with van der Waals surface area (Å²) in [7, 11) is 1.90. The second-order valence-electron chi connectivity index (χ2n) is 3.97. The summed E-state index contributed by atoms with van der Waals surface area (Å²) in [6, 6.07) is 7.44. The zero-order valence-corrected chi connectivity index (χ0v) is 10.6. The fourth-order valence-corrected chi connectivity index (χ4v) is 1.56. The van der Waals surface area contributed by atoms with Crippen molar-refractivity contribution in [2.45, 2.75) is 6.42 Å². The number of rotatable bonds is 5. The Balaban J connectivity index is 1.76. The predicted octanol–water partition coefficient (Wildman–Crippen LogP) is 1.98. The molecule has 5 nitrogen and oxygen atoms in total. The van der Waals surface area contributed by atoms with Crippen molar-refractivity contribution in [2.75, 3.05) is 0 Å². The van der Waals surface area contributed by atoms with Gasteiger partial charge in [0.1, 0.15) is 5.76 Å². The van der Waals surface area contributed by atoms with Crippen LogP contribution in [-0.2, 0) is 18.3 Å². The maximum absolute atomic E-state index is 11.6. The smallest absolute Gasteiger partial charge is 0.245 e. The molecule has 5 heteroatoms. The number of hydrogen-bond acceptors (Lipinski definition) is 3. The number of allylic oxidation sites excluding steroid dienone is 1. The number of furan rings is 1. The zero-order chi connectivity index (χ0) is 13.5. The first-order valence-electron chi connectivity index (χ1n) is 5.88. The van der Waals surface area contributed by atoms with Crippen molar-refractivity contribution >= 4 is 18.2 Å². The van der Waals surface area contributed by atoms with Crippen LogP contribution in [0.25, 0.3) is 6.08 Å². The highest BCUT2D eigenvalue weighted by atomic mass is 16.3. The van der Waals surface area contributed by atoms with Gasteiger partial charge in [0.2, 0.25) is 5.91 Å². The highest BCUT2D eigenvalue weighted by Gasteiger charge is 2.03. The number of hydrazone groups is 1. The van der Waals surface area contributed by atoms with Crippen molar-refractivity contribution in [1.82, 2.24) is 9.99 Å². The van der Waals surface area contributed by atoms with Gasteiger partial charge in [-0.1, -0.05) is 0 Å². The van der Waals surface area contributed by atoms with E-state index in [0.29, 0.717) is 6.42 Å². The van der Waals surface area contributed by atoms with Gasteiger partial charge in [-0.15, -0.1) is 0 Å². The number of amides is 1. The van der Waals surface area contributed by atoms with Crippen LogP contribution in [0.1, 0.15) is 11.5 Å². The summed E-state index contributed by atoms with van der Waals surface area (Å²) in [6.07, 6.45) is 8.76. The van der Waals surface area contributed by atoms with E-state index in [2.05, 4.69) is 10.5 Å². The Labute approximate surface area is 111 Å². The maximum Gasteiger partial charge on any atom is 0.245 e. The number of nitrogens with zero attached hydrogens (tertiary/aromatic N) is 2. The molecule has 1 N–H and O–H groups in total. The third kappa shape index (κ3) is 3.99. The molecular weight excluding hydrogens is 242 g/mol. The lowest BCUT2D eigenvalue weighted by Gasteiger charge is -2.01. The van der Waals surface area contributed by atoms with Crippen molar-refractivity contribution in [3.8, 4) is 0 Å². The van der Waals surface area contributed by atoms with E-state index >= 15 is 0 Å². The monoisotopic (exact) mass is 257 g/mol. The van der Waals surface area contributed by atoms with Crippen LogP contribution < -0.4 is 5.43 Å². The van der Waals surface area contributed by atoms with E-state index in [1.807, 2.05) is 36.0 Å². The zero-order valence-electron chi connectivity index (χ0n) is 10.6. The molecule has 0 radical (unpaired) electrons. The van der Waals surface area contributed by atoms with Crippen molar-refractivity contribution in [2.24, 2.45) is 12.1 Å². The molecule has 0 fully saturated rings. The molecule has 98 valence electrons. The molecule has 0 atom stereocenters. The molecule has 0 spiro atoms. The molecule has 0 aliphatic carbocycles. The van der Waals surface area contributed by atoms with Crippen LogP contribution in [0.15, 0.2) is 52.3 Å². The van der Waals surface area contributed by atoms with E-state index in [-0.39, 0.29) is 5.91 Å². The minimum Gasteiger partial charge on any atom is -0.465 e. The van der Waals surface area contributed by atoms with Gasteiger partial charge < -0.3 is 8.98 Å². The molecule has 0 aliphatic heterocycles. The van der Waals surface area contributed by atoms with Crippen molar-refractivity contribution in [3.05, 3.63) is 54.3 Å². The van der Waals surface area contributed by atoms with E-state index in [1.165, 1.54) is 6.21 Å². The van der Waals surface area contributed by atoms with Gasteiger partial charge in [-0.3, -0.25) is 4.79 Å². The Morgan fingerprint density at radius 1 is 1.47 bits per heavy atom. The average Bonchev–Trinajstić information content (AvgIpc) is 3.02. The fraction of sp³-hybridized carbons (Fsp3) is 0.143. The van der Waals surface area contributed by atoms with E-state index in [4.69, 9.17) is 4.42 Å². The largest absolute Gasteiger partial charge is 0.465 e. The topological polar surface area (TPSA) is 59.5 Å². The second kappa shape index (κ2) is 6.39. The van der Waals surface area contributed by atoms with Crippen molar-refractivity contribution in [3.63, 3.8) is 0 Å². The van der Waals surface area contributed by atoms with Gasteiger partial charge in [-0.2, -0.15) is 5.10 Å². The second-order valence-corrected chi connectivity index (χ2v) is 3.97. The van der Waals surface area contributed by atoms with E-state index < -0.39 is 0 Å². The SMILES string of the molecule is Cn1cccc1CC(=O)N/N=C\C=C\c1ccco1. The summed E-state index contributed by atoms with van der Waals surface area (Å²) >= 11 is 0. The lowest BCUT2D eigenvalue weighted by atomic mass is 10.3. The summed E-state index contributed by atoms with van der Waals surface area (Å²) in [5, 5.41) is 3.82. The van der Waals surface area contributed by atoms with E-state index in [0.717, 1.165) is 11.5 Å². The van der Waals surface area contributed by atoms with Gasteiger partial charge in [-0.25, -0.2) is 5.43 Å². The number of carbonyl (C=O) groups is 1. The Morgan fingerprint density at radius 3 is 3.05 bits per heavy atom. The molecule has 0 saturated carbocycles. The summed E-state index contributed by atoms with van der Waals surface area (Å²) < 4.78 is 7.01. The molecular formula is C14H15N3O2. The summed E-state index contributed by atoms with van der Waals surface area (Å²) in [6.45, 7) is 0. The third-order valence-electron chi connectivity index (χ3n) is 2.55. The van der Waals surface area contributed by atoms with Gasteiger partial charge in [-0.05, 0) is 36.4 Å². The molecule has 2 aromatic rings. The van der Waals surface area contributed by atoms with Gasteiger partial charge in [0.25, 0.3) is 0 Å². The van der Waals surface area contributed by atoms with Crippen LogP contribution in [0.5, 0.6) is 0 Å². The van der Waals surface area contributed by atoms with Crippen molar-refractivity contribution in [1.29, 1.82) is 0 Å². The summed E-state index contributed by atoms with van der Waals surface area (Å²) in [5.41, 5.74) is 3.41. The van der Waals surface area contributed by atoms with Crippen LogP contribution >= 0.6 is 0 Å². The molecule has 0 saturated heterocycles. The first-order valence-corrected chi connectivity index (χ1v) is 5.88. The molecule has 19 heavy (non-hydrogen) atoms. The fourth-order valence-electron chi connectivity index (χ4n) is 1.56. The van der Waals surface area contributed by atoms with Gasteiger partial charge in [0, 0.05) is 25.2 Å². The normalized spacial score (nSPS) is 11.4. The van der Waals surface area contributed by atoms with Gasteiger partial charge >= 0.3 is 0 Å². The number of hydrogen-bond donors (Lipinski definition) is 1. The first kappa shape index (κ1) is 12.9. The Hall–Kier alpha value is -2.56. The molecule has 2 rings (SSSR count). The van der Waals surface area contributed by atoms with Gasteiger partial charge in [0.15, 0.2) is 0 Å². The molecule has 2 heterocycles. The molecule has 1 amide bonds. The van der Waals surface area contributed by atoms with Crippen LogP contribution in [0.4, 0.5) is 0 Å². The minimum atomic E-state index is -0.149. The number of nitrogens with one attached hydrogen (secondary N) is 1. The third-order valence-corrected chi connectivity index (χ3v) is 2.55. The molecule has 0 aliphatic rings. The molecule has 0 bridgehead atoms. The molecule has 2 aromatic heterocycles. The van der Waals surface area contributed by atoms with Crippen LogP contribution in [-0.4, -0.2) is 16.7 Å². The number of aryl methyl sites for hydroxylation is 1. The van der Waals surface area contributed by atoms with Crippen LogP contribution in [0.2, 0.25) is 0 Å². The highest BCUT2D eigenvalue weighted by molar-refractivity contribution is 5.81. The van der Waals surface area contributed by atoms with Crippen LogP contribution in [0, 0.1) is 0 Å². The predicted molar refractivity (Wildman–Crippen MR) is 73.5 cm³/mol. The average molecular weight is 257 g/mol. The van der Waals surface area contributed by atoms with E-state index in [9.17, 15) is 4.79 Å². The first-order chi connectivity index (χ1) is 9.25. The quantitative estimate of drug-likeness (QED) is 0.657. The standard InChI is InChI=1S/C14H15N3O2/c1-17-9-3-5-12(17)11-14(18)16-15-8-2-6-13-7-4-10-19-13/h2-10H,11H2,1H3,(H,16,18)/b6-2+,15-8-. The molecule has 0 aromatic carbocycles. The maximum atomic E-state index is 11.6. The highest BCUT2D eigenvalue weighted by Crippen LogP contribution is 2.01. The number of carbonyl (C=O) groups excluding carboxylic acids is 1. The number of aromatic nitrogens is 1. The Morgan fingerprint density at radius 2 is 2.37 bits per heavy atom. The summed E-state index contributed by atoms with van der Waals surface area (Å²) in [4.78, 5) is 11.6. The molecule has 0 unspecified atom stereocenters.